The maximum Gasteiger partial charge on any atom is 0.227 e. The van der Waals surface area contributed by atoms with E-state index in [1.165, 1.54) is 6.42 Å². The van der Waals surface area contributed by atoms with Crippen molar-refractivity contribution >= 4 is 5.91 Å². The van der Waals surface area contributed by atoms with E-state index in [4.69, 9.17) is 4.52 Å². The SMILES string of the molecule is Cc1ccccc1-c1noc(C[C@H]2CCCN(C(=O)[C@H]3C[C@H]4C=C[C@H]3C4)C2)n1. The molecule has 1 saturated heterocycles. The van der Waals surface area contributed by atoms with Gasteiger partial charge in [-0.25, -0.2) is 0 Å². The molecule has 146 valence electrons. The number of likely N-dealkylation sites (tertiary alicyclic amines) is 1. The summed E-state index contributed by atoms with van der Waals surface area (Å²) in [6.45, 7) is 3.77. The highest BCUT2D eigenvalue weighted by Gasteiger charge is 2.42. The molecule has 2 bridgehead atoms. The summed E-state index contributed by atoms with van der Waals surface area (Å²) in [6, 6.07) is 8.09. The van der Waals surface area contributed by atoms with Crippen molar-refractivity contribution in [2.24, 2.45) is 23.7 Å². The zero-order chi connectivity index (χ0) is 19.1. The summed E-state index contributed by atoms with van der Waals surface area (Å²) in [4.78, 5) is 19.8. The van der Waals surface area contributed by atoms with Crippen LogP contribution >= 0.6 is 0 Å². The molecule has 2 aliphatic carbocycles. The van der Waals surface area contributed by atoms with E-state index in [0.29, 0.717) is 35.4 Å². The fraction of sp³-hybridized carbons (Fsp3) is 0.522. The van der Waals surface area contributed by atoms with Gasteiger partial charge >= 0.3 is 0 Å². The molecule has 0 radical (unpaired) electrons. The standard InChI is InChI=1S/C23H27N3O2/c1-15-5-2-3-7-19(15)22-24-21(28-25-22)13-17-6-4-10-26(14-17)23(27)20-12-16-8-9-18(20)11-16/h2-3,5,7-9,16-18,20H,4,6,10-14H2,1H3/t16-,17+,18-,20-/m0/s1. The number of hydrogen-bond donors (Lipinski definition) is 0. The number of amides is 1. The highest BCUT2D eigenvalue weighted by molar-refractivity contribution is 5.80. The van der Waals surface area contributed by atoms with Gasteiger partial charge in [0, 0.05) is 31.0 Å². The molecule has 2 fully saturated rings. The normalized spacial score (nSPS) is 28.8. The Morgan fingerprint density at radius 2 is 2.14 bits per heavy atom. The zero-order valence-corrected chi connectivity index (χ0v) is 16.4. The quantitative estimate of drug-likeness (QED) is 0.755. The molecule has 1 aromatic heterocycles. The lowest BCUT2D eigenvalue weighted by atomic mass is 9.89. The molecule has 28 heavy (non-hydrogen) atoms. The minimum Gasteiger partial charge on any atom is -0.342 e. The van der Waals surface area contributed by atoms with E-state index in [1.807, 2.05) is 18.2 Å². The lowest BCUT2D eigenvalue weighted by molar-refractivity contribution is -0.138. The average molecular weight is 377 g/mol. The molecular weight excluding hydrogens is 350 g/mol. The van der Waals surface area contributed by atoms with Crippen molar-refractivity contribution in [1.82, 2.24) is 15.0 Å². The molecular formula is C23H27N3O2. The lowest BCUT2D eigenvalue weighted by Gasteiger charge is -2.35. The van der Waals surface area contributed by atoms with E-state index >= 15 is 0 Å². The van der Waals surface area contributed by atoms with E-state index in [1.54, 1.807) is 0 Å². The number of allylic oxidation sites excluding steroid dienone is 2. The van der Waals surface area contributed by atoms with E-state index in [9.17, 15) is 4.79 Å². The highest BCUT2D eigenvalue weighted by atomic mass is 16.5. The van der Waals surface area contributed by atoms with E-state index in [2.05, 4.69) is 40.2 Å². The van der Waals surface area contributed by atoms with Crippen LogP contribution in [-0.2, 0) is 11.2 Å². The van der Waals surface area contributed by atoms with Gasteiger partial charge in [-0.2, -0.15) is 4.98 Å². The van der Waals surface area contributed by atoms with Crippen molar-refractivity contribution in [3.05, 3.63) is 47.9 Å². The van der Waals surface area contributed by atoms with Crippen LogP contribution in [0.2, 0.25) is 0 Å². The Morgan fingerprint density at radius 3 is 2.93 bits per heavy atom. The minimum atomic E-state index is 0.213. The molecule has 0 spiro atoms. The van der Waals surface area contributed by atoms with E-state index in [-0.39, 0.29) is 5.92 Å². The minimum absolute atomic E-state index is 0.213. The number of benzene rings is 1. The Labute approximate surface area is 165 Å². The van der Waals surface area contributed by atoms with Gasteiger partial charge in [0.05, 0.1) is 0 Å². The molecule has 1 saturated carbocycles. The number of aryl methyl sites for hydroxylation is 1. The van der Waals surface area contributed by atoms with Crippen molar-refractivity contribution in [2.75, 3.05) is 13.1 Å². The molecule has 5 rings (SSSR count). The van der Waals surface area contributed by atoms with Gasteiger partial charge < -0.3 is 9.42 Å². The number of piperidine rings is 1. The summed E-state index contributed by atoms with van der Waals surface area (Å²) in [7, 11) is 0. The Kier molecular flexibility index (Phi) is 4.53. The third kappa shape index (κ3) is 3.27. The van der Waals surface area contributed by atoms with Crippen LogP contribution < -0.4 is 0 Å². The number of nitrogens with zero attached hydrogens (tertiary/aromatic N) is 3. The second kappa shape index (κ2) is 7.19. The molecule has 0 N–H and O–H groups in total. The summed E-state index contributed by atoms with van der Waals surface area (Å²) >= 11 is 0. The molecule has 0 unspecified atom stereocenters. The van der Waals surface area contributed by atoms with Crippen LogP contribution in [0.1, 0.15) is 37.1 Å². The van der Waals surface area contributed by atoms with Gasteiger partial charge in [0.1, 0.15) is 0 Å². The second-order valence-electron chi connectivity index (χ2n) is 8.71. The van der Waals surface area contributed by atoms with Gasteiger partial charge in [-0.05, 0) is 55.9 Å². The molecule has 2 heterocycles. The number of aromatic nitrogens is 2. The van der Waals surface area contributed by atoms with Crippen molar-refractivity contribution in [3.8, 4) is 11.4 Å². The predicted molar refractivity (Wildman–Crippen MR) is 106 cm³/mol. The largest absolute Gasteiger partial charge is 0.342 e. The Balaban J connectivity index is 1.23. The molecule has 1 aromatic carbocycles. The molecule has 3 aliphatic rings. The third-order valence-corrected chi connectivity index (χ3v) is 6.74. The predicted octanol–water partition coefficient (Wildman–Crippen LogP) is 4.04. The zero-order valence-electron chi connectivity index (χ0n) is 16.4. The van der Waals surface area contributed by atoms with Crippen LogP contribution in [0.15, 0.2) is 40.9 Å². The summed E-state index contributed by atoms with van der Waals surface area (Å²) in [5.74, 6) is 3.43. The van der Waals surface area contributed by atoms with Crippen LogP contribution in [-0.4, -0.2) is 34.0 Å². The summed E-state index contributed by atoms with van der Waals surface area (Å²) < 4.78 is 5.54. The summed E-state index contributed by atoms with van der Waals surface area (Å²) in [5, 5.41) is 4.18. The van der Waals surface area contributed by atoms with Gasteiger partial charge in [-0.15, -0.1) is 0 Å². The van der Waals surface area contributed by atoms with Crippen molar-refractivity contribution in [3.63, 3.8) is 0 Å². The van der Waals surface area contributed by atoms with Gasteiger partial charge in [0.2, 0.25) is 17.6 Å². The molecule has 4 atom stereocenters. The molecule has 1 amide bonds. The topological polar surface area (TPSA) is 59.2 Å². The number of fused-ring (bicyclic) bond motifs is 2. The Morgan fingerprint density at radius 1 is 1.25 bits per heavy atom. The summed E-state index contributed by atoms with van der Waals surface area (Å²) in [6.07, 6.45) is 9.72. The van der Waals surface area contributed by atoms with Crippen LogP contribution in [0, 0.1) is 30.6 Å². The van der Waals surface area contributed by atoms with Crippen LogP contribution in [0.25, 0.3) is 11.4 Å². The van der Waals surface area contributed by atoms with Crippen molar-refractivity contribution < 1.29 is 9.32 Å². The lowest BCUT2D eigenvalue weighted by Crippen LogP contribution is -2.44. The first-order valence-corrected chi connectivity index (χ1v) is 10.5. The first-order valence-electron chi connectivity index (χ1n) is 10.5. The van der Waals surface area contributed by atoms with Gasteiger partial charge in [-0.1, -0.05) is 41.6 Å². The fourth-order valence-electron chi connectivity index (χ4n) is 5.25. The number of carbonyl (C=O) groups excluding carboxylic acids is 1. The molecule has 5 nitrogen and oxygen atoms in total. The average Bonchev–Trinajstić information content (AvgIpc) is 3.45. The Hall–Kier alpha value is -2.43. The van der Waals surface area contributed by atoms with E-state index < -0.39 is 0 Å². The van der Waals surface area contributed by atoms with Crippen LogP contribution in [0.4, 0.5) is 0 Å². The second-order valence-corrected chi connectivity index (χ2v) is 8.71. The fourth-order valence-corrected chi connectivity index (χ4v) is 5.25. The Bertz CT molecular complexity index is 903. The van der Waals surface area contributed by atoms with Gasteiger partial charge in [0.25, 0.3) is 0 Å². The van der Waals surface area contributed by atoms with Crippen molar-refractivity contribution in [2.45, 2.75) is 39.0 Å². The first kappa shape index (κ1) is 17.7. The number of rotatable bonds is 4. The first-order chi connectivity index (χ1) is 13.7. The summed E-state index contributed by atoms with van der Waals surface area (Å²) in [5.41, 5.74) is 2.16. The molecule has 1 aliphatic heterocycles. The van der Waals surface area contributed by atoms with Gasteiger partial charge in [0.15, 0.2) is 0 Å². The van der Waals surface area contributed by atoms with E-state index in [0.717, 1.165) is 49.9 Å². The van der Waals surface area contributed by atoms with Crippen LogP contribution in [0.5, 0.6) is 0 Å². The highest BCUT2D eigenvalue weighted by Crippen LogP contribution is 2.44. The van der Waals surface area contributed by atoms with Crippen LogP contribution in [0.3, 0.4) is 0 Å². The monoisotopic (exact) mass is 377 g/mol. The number of carbonyl (C=O) groups is 1. The molecule has 5 heteroatoms. The van der Waals surface area contributed by atoms with Crippen molar-refractivity contribution in [1.29, 1.82) is 0 Å². The smallest absolute Gasteiger partial charge is 0.227 e. The third-order valence-electron chi connectivity index (χ3n) is 6.74. The maximum absolute atomic E-state index is 13.1. The number of hydrogen-bond acceptors (Lipinski definition) is 4. The maximum atomic E-state index is 13.1. The van der Waals surface area contributed by atoms with Gasteiger partial charge in [-0.3, -0.25) is 4.79 Å². The molecule has 2 aromatic rings.